The van der Waals surface area contributed by atoms with Crippen molar-refractivity contribution in [3.8, 4) is 23.0 Å². The molecule has 1 amide bonds. The summed E-state index contributed by atoms with van der Waals surface area (Å²) in [5.74, 6) is 5.20. The summed E-state index contributed by atoms with van der Waals surface area (Å²) in [6, 6.07) is 17.7. The molecule has 1 aliphatic carbocycles. The van der Waals surface area contributed by atoms with Crippen LogP contribution in [0.1, 0.15) is 48.4 Å². The minimum absolute atomic E-state index is 0.0279. The van der Waals surface area contributed by atoms with E-state index in [9.17, 15) is 23.1 Å². The van der Waals surface area contributed by atoms with Crippen LogP contribution in [0.4, 0.5) is 5.69 Å². The minimum Gasteiger partial charge on any atom is -0.480 e. The number of sulfonamides is 1. The molecule has 4 aromatic rings. The number of hydrogen-bond acceptors (Lipinski definition) is 5. The molecule has 41 heavy (non-hydrogen) atoms. The molecule has 1 heterocycles. The van der Waals surface area contributed by atoms with Crippen molar-refractivity contribution in [2.45, 2.75) is 44.6 Å². The maximum Gasteiger partial charge on any atom is 0.322 e. The number of rotatable bonds is 8. The SMILES string of the molecule is Cc1c(C(=O)Nc2ccc(-c3ccc(S(=O)(=O)N[C@H](C(=O)O)C(C)C)cc3)cc2)oc2cccc(C#CC3CC3)c12. The largest absolute Gasteiger partial charge is 0.480 e. The first-order valence-corrected chi connectivity index (χ1v) is 14.8. The van der Waals surface area contributed by atoms with E-state index in [0.29, 0.717) is 17.2 Å². The Morgan fingerprint density at radius 2 is 1.61 bits per heavy atom. The van der Waals surface area contributed by atoms with Crippen LogP contribution in [0.25, 0.3) is 22.1 Å². The Balaban J connectivity index is 1.29. The molecule has 0 unspecified atom stereocenters. The Morgan fingerprint density at radius 3 is 2.20 bits per heavy atom. The van der Waals surface area contributed by atoms with Crippen molar-refractivity contribution in [2.24, 2.45) is 11.8 Å². The van der Waals surface area contributed by atoms with Gasteiger partial charge in [0.15, 0.2) is 5.76 Å². The molecule has 0 radical (unpaired) electrons. The van der Waals surface area contributed by atoms with E-state index < -0.39 is 28.0 Å². The van der Waals surface area contributed by atoms with Crippen LogP contribution >= 0.6 is 0 Å². The van der Waals surface area contributed by atoms with Gasteiger partial charge in [-0.15, -0.1) is 0 Å². The lowest BCUT2D eigenvalue weighted by Crippen LogP contribution is -2.44. The minimum atomic E-state index is -4.01. The molecule has 5 rings (SSSR count). The predicted molar refractivity (Wildman–Crippen MR) is 157 cm³/mol. The van der Waals surface area contributed by atoms with Gasteiger partial charge in [-0.1, -0.05) is 56.0 Å². The summed E-state index contributed by atoms with van der Waals surface area (Å²) in [6.45, 7) is 5.13. The van der Waals surface area contributed by atoms with Crippen LogP contribution in [-0.4, -0.2) is 31.4 Å². The molecule has 1 aromatic heterocycles. The summed E-state index contributed by atoms with van der Waals surface area (Å²) in [5.41, 5.74) is 4.36. The van der Waals surface area contributed by atoms with Crippen molar-refractivity contribution in [2.75, 3.05) is 5.32 Å². The molecule has 210 valence electrons. The number of anilines is 1. The number of carboxylic acids is 1. The van der Waals surface area contributed by atoms with Crippen LogP contribution in [0.2, 0.25) is 0 Å². The molecule has 9 heteroatoms. The van der Waals surface area contributed by atoms with Crippen LogP contribution in [0.5, 0.6) is 0 Å². The van der Waals surface area contributed by atoms with Gasteiger partial charge in [-0.05, 0) is 73.2 Å². The molecule has 0 spiro atoms. The summed E-state index contributed by atoms with van der Waals surface area (Å²) in [6.07, 6.45) is 2.27. The third kappa shape index (κ3) is 6.19. The summed E-state index contributed by atoms with van der Waals surface area (Å²) < 4.78 is 33.6. The van der Waals surface area contributed by atoms with E-state index in [1.807, 2.05) is 37.3 Å². The van der Waals surface area contributed by atoms with Gasteiger partial charge >= 0.3 is 5.97 Å². The standard InChI is InChI=1S/C32H30N2O6S/c1-19(2)29(32(36)37)34-41(38,39)26-17-13-23(14-18-26)22-11-15-25(16-12-22)33-31(35)30-20(3)28-24(10-9-21-7-8-21)5-4-6-27(28)40-30/h4-6,11-19,21,29,34H,7-8H2,1-3H3,(H,33,35)(H,36,37)/t29-/m0/s1. The van der Waals surface area contributed by atoms with Crippen molar-refractivity contribution < 1.29 is 27.5 Å². The summed E-state index contributed by atoms with van der Waals surface area (Å²) in [4.78, 5) is 24.5. The molecule has 0 aliphatic heterocycles. The number of nitrogens with one attached hydrogen (secondary N) is 2. The Labute approximate surface area is 238 Å². The first-order valence-electron chi connectivity index (χ1n) is 13.3. The number of aryl methyl sites for hydroxylation is 1. The molecule has 3 N–H and O–H groups in total. The normalized spacial score (nSPS) is 14.0. The fraction of sp³-hybridized carbons (Fsp3) is 0.250. The molecule has 0 saturated heterocycles. The van der Waals surface area contributed by atoms with Gasteiger partial charge in [-0.3, -0.25) is 9.59 Å². The van der Waals surface area contributed by atoms with E-state index in [0.717, 1.165) is 40.5 Å². The third-order valence-corrected chi connectivity index (χ3v) is 8.46. The fourth-order valence-electron chi connectivity index (χ4n) is 4.50. The highest BCUT2D eigenvalue weighted by Gasteiger charge is 2.28. The van der Waals surface area contributed by atoms with Crippen LogP contribution < -0.4 is 10.0 Å². The average molecular weight is 571 g/mol. The second-order valence-corrected chi connectivity index (χ2v) is 12.2. The topological polar surface area (TPSA) is 126 Å². The quantitative estimate of drug-likeness (QED) is 0.230. The summed E-state index contributed by atoms with van der Waals surface area (Å²) in [5, 5.41) is 13.1. The van der Waals surface area contributed by atoms with Gasteiger partial charge in [0, 0.05) is 28.1 Å². The lowest BCUT2D eigenvalue weighted by Gasteiger charge is -2.18. The smallest absolute Gasteiger partial charge is 0.322 e. The van der Waals surface area contributed by atoms with Crippen molar-refractivity contribution in [1.29, 1.82) is 0 Å². The van der Waals surface area contributed by atoms with E-state index >= 15 is 0 Å². The molecule has 1 atom stereocenters. The zero-order valence-corrected chi connectivity index (χ0v) is 23.7. The third-order valence-electron chi connectivity index (χ3n) is 7.00. The van der Waals surface area contributed by atoms with E-state index in [1.165, 1.54) is 12.1 Å². The summed E-state index contributed by atoms with van der Waals surface area (Å²) in [7, 11) is -4.01. The van der Waals surface area contributed by atoms with Gasteiger partial charge in [0.25, 0.3) is 5.91 Å². The first kappa shape index (κ1) is 28.1. The Morgan fingerprint density at radius 1 is 0.976 bits per heavy atom. The zero-order chi connectivity index (χ0) is 29.3. The van der Waals surface area contributed by atoms with Crippen molar-refractivity contribution in [3.63, 3.8) is 0 Å². The first-order chi connectivity index (χ1) is 19.5. The monoisotopic (exact) mass is 570 g/mol. The molecule has 1 fully saturated rings. The lowest BCUT2D eigenvalue weighted by molar-refractivity contribution is -0.140. The molecular weight excluding hydrogens is 540 g/mol. The van der Waals surface area contributed by atoms with Crippen LogP contribution in [-0.2, 0) is 14.8 Å². The highest BCUT2D eigenvalue weighted by atomic mass is 32.2. The number of fused-ring (bicyclic) bond motifs is 1. The summed E-state index contributed by atoms with van der Waals surface area (Å²) >= 11 is 0. The van der Waals surface area contributed by atoms with E-state index in [2.05, 4.69) is 21.9 Å². The Hall–Kier alpha value is -4.39. The van der Waals surface area contributed by atoms with E-state index in [-0.39, 0.29) is 16.6 Å². The van der Waals surface area contributed by atoms with Crippen molar-refractivity contribution in [1.82, 2.24) is 4.72 Å². The van der Waals surface area contributed by atoms with Gasteiger partial charge < -0.3 is 14.8 Å². The molecule has 8 nitrogen and oxygen atoms in total. The van der Waals surface area contributed by atoms with Crippen LogP contribution in [0, 0.1) is 30.6 Å². The Bertz CT molecular complexity index is 1790. The average Bonchev–Trinajstić information content (AvgIpc) is 3.72. The van der Waals surface area contributed by atoms with E-state index in [4.69, 9.17) is 4.42 Å². The van der Waals surface area contributed by atoms with E-state index in [1.54, 1.807) is 38.1 Å². The molecule has 1 aliphatic rings. The number of furan rings is 1. The lowest BCUT2D eigenvalue weighted by atomic mass is 10.0. The van der Waals surface area contributed by atoms with Crippen LogP contribution in [0.15, 0.2) is 76.0 Å². The molecule has 0 bridgehead atoms. The number of amides is 1. The number of hydrogen-bond donors (Lipinski definition) is 3. The molecule has 3 aromatic carbocycles. The predicted octanol–water partition coefficient (Wildman–Crippen LogP) is 5.81. The highest BCUT2D eigenvalue weighted by molar-refractivity contribution is 7.89. The van der Waals surface area contributed by atoms with Gasteiger partial charge in [0.1, 0.15) is 11.6 Å². The van der Waals surface area contributed by atoms with Gasteiger partial charge in [-0.2, -0.15) is 4.72 Å². The molecule has 1 saturated carbocycles. The van der Waals surface area contributed by atoms with Crippen molar-refractivity contribution in [3.05, 3.63) is 83.6 Å². The number of carbonyl (C=O) groups excluding carboxylic acids is 1. The van der Waals surface area contributed by atoms with Crippen LogP contribution in [0.3, 0.4) is 0 Å². The van der Waals surface area contributed by atoms with Gasteiger partial charge in [-0.25, -0.2) is 8.42 Å². The maximum atomic E-state index is 13.1. The second kappa shape index (κ2) is 11.2. The molecular formula is C32H30N2O6S. The number of benzene rings is 3. The zero-order valence-electron chi connectivity index (χ0n) is 22.9. The fourth-order valence-corrected chi connectivity index (χ4v) is 5.84. The number of carboxylic acid groups (broad SMARTS) is 1. The van der Waals surface area contributed by atoms with Gasteiger partial charge in [0.05, 0.1) is 4.90 Å². The number of carbonyl (C=O) groups is 2. The Kier molecular flexibility index (Phi) is 7.72. The van der Waals surface area contributed by atoms with Gasteiger partial charge in [0.2, 0.25) is 10.0 Å². The second-order valence-electron chi connectivity index (χ2n) is 10.5. The maximum absolute atomic E-state index is 13.1. The number of aliphatic carboxylic acids is 1. The highest BCUT2D eigenvalue weighted by Crippen LogP contribution is 2.31. The van der Waals surface area contributed by atoms with Crippen molar-refractivity contribution >= 4 is 38.6 Å².